The lowest BCUT2D eigenvalue weighted by atomic mass is 10.1. The van der Waals surface area contributed by atoms with Crippen LogP contribution in [0.5, 0.6) is 5.75 Å². The number of ketones is 1. The summed E-state index contributed by atoms with van der Waals surface area (Å²) in [5, 5.41) is 0.0189. The van der Waals surface area contributed by atoms with Crippen LogP contribution < -0.4 is 4.74 Å². The minimum absolute atomic E-state index is 0.00945. The van der Waals surface area contributed by atoms with E-state index in [-0.39, 0.29) is 32.5 Å². The Balaban J connectivity index is 1.44. The molecule has 0 unspecified atom stereocenters. The van der Waals surface area contributed by atoms with Crippen LogP contribution in [0, 0.1) is 6.92 Å². The fraction of sp³-hybridized carbons (Fsp3) is 0.207. The summed E-state index contributed by atoms with van der Waals surface area (Å²) in [6.45, 7) is 1.12. The van der Waals surface area contributed by atoms with Gasteiger partial charge in [-0.25, -0.2) is 18.0 Å². The van der Waals surface area contributed by atoms with Crippen LogP contribution in [-0.4, -0.2) is 67.5 Å². The Labute approximate surface area is 251 Å². The van der Waals surface area contributed by atoms with Crippen molar-refractivity contribution in [3.63, 3.8) is 0 Å². The maximum absolute atomic E-state index is 13.1. The Bertz CT molecular complexity index is 1660. The van der Waals surface area contributed by atoms with Gasteiger partial charge in [0.25, 0.3) is 11.8 Å². The molecule has 1 atom stereocenters. The molecule has 10 nitrogen and oxygen atoms in total. The van der Waals surface area contributed by atoms with Crippen LogP contribution in [0.15, 0.2) is 60.7 Å². The molecule has 0 saturated carbocycles. The Morgan fingerprint density at radius 1 is 0.857 bits per heavy atom. The minimum Gasteiger partial charge on any atom is -0.456 e. The van der Waals surface area contributed by atoms with Gasteiger partial charge in [-0.15, -0.1) is 0 Å². The number of hydrogen-bond donors (Lipinski definition) is 0. The van der Waals surface area contributed by atoms with E-state index >= 15 is 0 Å². The van der Waals surface area contributed by atoms with Crippen LogP contribution >= 0.6 is 23.2 Å². The predicted molar refractivity (Wildman–Crippen MR) is 153 cm³/mol. The molecule has 1 heterocycles. The molecule has 1 aliphatic heterocycles. The van der Waals surface area contributed by atoms with Crippen molar-refractivity contribution in [2.24, 2.45) is 0 Å². The Morgan fingerprint density at radius 3 is 1.90 bits per heavy atom. The quantitative estimate of drug-likeness (QED) is 0.138. The largest absolute Gasteiger partial charge is 0.456 e. The van der Waals surface area contributed by atoms with Crippen molar-refractivity contribution < 1.29 is 41.9 Å². The zero-order valence-electron chi connectivity index (χ0n) is 22.3. The number of imide groups is 1. The van der Waals surface area contributed by atoms with Crippen LogP contribution in [0.2, 0.25) is 10.0 Å². The highest BCUT2D eigenvalue weighted by Gasteiger charge is 2.44. The highest BCUT2D eigenvalue weighted by atomic mass is 35.5. The number of ether oxygens (including phenoxy) is 2. The van der Waals surface area contributed by atoms with E-state index in [4.69, 9.17) is 32.7 Å². The van der Waals surface area contributed by atoms with Gasteiger partial charge in [0.05, 0.1) is 32.5 Å². The van der Waals surface area contributed by atoms with Gasteiger partial charge in [0, 0.05) is 11.8 Å². The van der Waals surface area contributed by atoms with E-state index in [1.165, 1.54) is 36.4 Å². The number of Topliss-reactive ketones (excluding diaryl/α,β-unsaturated/α-hetero) is 1. The zero-order chi connectivity index (χ0) is 30.8. The van der Waals surface area contributed by atoms with Gasteiger partial charge in [-0.2, -0.15) is 0 Å². The second-order valence-electron chi connectivity index (χ2n) is 9.54. The van der Waals surface area contributed by atoms with Gasteiger partial charge in [0.2, 0.25) is 0 Å². The van der Waals surface area contributed by atoms with Crippen molar-refractivity contribution in [2.45, 2.75) is 19.4 Å². The Kier molecular flexibility index (Phi) is 9.15. The number of amides is 2. The molecule has 1 aliphatic rings. The van der Waals surface area contributed by atoms with Gasteiger partial charge in [-0.3, -0.25) is 19.3 Å². The van der Waals surface area contributed by atoms with Crippen LogP contribution in [0.3, 0.4) is 0 Å². The van der Waals surface area contributed by atoms with Crippen LogP contribution in [-0.2, 0) is 19.4 Å². The summed E-state index contributed by atoms with van der Waals surface area (Å²) in [4.78, 5) is 64.8. The number of nitrogens with zero attached hydrogens (tertiary/aromatic N) is 1. The summed E-state index contributed by atoms with van der Waals surface area (Å²) in [6, 6.07) is 13.0. The van der Waals surface area contributed by atoms with Crippen LogP contribution in [0.25, 0.3) is 0 Å². The molecule has 0 fully saturated rings. The summed E-state index contributed by atoms with van der Waals surface area (Å²) in [6.07, 6.45) is 0.475. The number of sulfone groups is 1. The lowest BCUT2D eigenvalue weighted by Gasteiger charge is -2.24. The minimum atomic E-state index is -3.61. The number of rotatable bonds is 10. The van der Waals surface area contributed by atoms with Gasteiger partial charge in [-0.05, 0) is 61.9 Å². The summed E-state index contributed by atoms with van der Waals surface area (Å²) in [5.41, 5.74) is 1.24. The molecule has 13 heteroatoms. The van der Waals surface area contributed by atoms with E-state index in [2.05, 4.69) is 0 Å². The molecule has 0 radical (unpaired) electrons. The highest BCUT2D eigenvalue weighted by molar-refractivity contribution is 7.90. The molecule has 2 amide bonds. The zero-order valence-corrected chi connectivity index (χ0v) is 24.6. The average molecular weight is 632 g/mol. The first kappa shape index (κ1) is 30.9. The van der Waals surface area contributed by atoms with E-state index in [0.29, 0.717) is 10.5 Å². The number of halogens is 2. The van der Waals surface area contributed by atoms with Crippen molar-refractivity contribution in [1.29, 1.82) is 0 Å². The van der Waals surface area contributed by atoms with Crippen molar-refractivity contribution in [2.75, 3.05) is 18.6 Å². The first-order valence-electron chi connectivity index (χ1n) is 12.4. The SMILES string of the molecule is Cc1ccc(C(=O)Oc2ccc(C(=O)COC(=O)[C@H](CCS(C)(=O)=O)N3C(=O)c4cc(Cl)c(Cl)cc4C3=O)cc2)cc1. The molecule has 0 N–H and O–H groups in total. The second kappa shape index (κ2) is 12.4. The molecule has 42 heavy (non-hydrogen) atoms. The first-order chi connectivity index (χ1) is 19.7. The van der Waals surface area contributed by atoms with Crippen molar-refractivity contribution >= 4 is 62.6 Å². The van der Waals surface area contributed by atoms with Crippen molar-refractivity contribution in [1.82, 2.24) is 4.90 Å². The monoisotopic (exact) mass is 631 g/mol. The van der Waals surface area contributed by atoms with E-state index in [9.17, 15) is 32.4 Å². The molecule has 0 saturated heterocycles. The van der Waals surface area contributed by atoms with Crippen molar-refractivity contribution in [3.8, 4) is 5.75 Å². The normalized spacial score (nSPS) is 13.5. The third-order valence-electron chi connectivity index (χ3n) is 6.32. The molecular weight excluding hydrogens is 609 g/mol. The maximum atomic E-state index is 13.1. The van der Waals surface area contributed by atoms with Crippen LogP contribution in [0.1, 0.15) is 53.4 Å². The summed E-state index contributed by atoms with van der Waals surface area (Å²) in [7, 11) is -3.61. The van der Waals surface area contributed by atoms with E-state index < -0.39 is 64.2 Å². The topological polar surface area (TPSA) is 141 Å². The molecule has 0 spiro atoms. The number of benzene rings is 3. The number of carbonyl (C=O) groups excluding carboxylic acids is 5. The lowest BCUT2D eigenvalue weighted by molar-refractivity contribution is -0.147. The lowest BCUT2D eigenvalue weighted by Crippen LogP contribution is -2.46. The third-order valence-corrected chi connectivity index (χ3v) is 8.02. The number of fused-ring (bicyclic) bond motifs is 1. The number of carbonyl (C=O) groups is 5. The van der Waals surface area contributed by atoms with E-state index in [1.54, 1.807) is 24.3 Å². The molecule has 0 aromatic heterocycles. The summed E-state index contributed by atoms with van der Waals surface area (Å²) in [5.74, 6) is -4.50. The standard InChI is InChI=1S/C29H23Cl2NO9S/c1-16-3-5-18(6-4-16)28(36)41-19-9-7-17(8-10-19)25(33)15-40-29(37)24(11-12-42(2,38)39)32-26(34)20-13-22(30)23(31)14-21(20)27(32)35/h3-10,13-14,24H,11-12,15H2,1-2H3/t24-/m0/s1. The second-order valence-corrected chi connectivity index (χ2v) is 12.6. The molecule has 0 aliphatic carbocycles. The fourth-order valence-corrected chi connectivity index (χ4v) is 5.07. The highest BCUT2D eigenvalue weighted by Crippen LogP contribution is 2.33. The van der Waals surface area contributed by atoms with E-state index in [1.807, 2.05) is 6.92 Å². The number of aryl methyl sites for hydroxylation is 1. The smallest absolute Gasteiger partial charge is 0.343 e. The molecule has 218 valence electrons. The van der Waals surface area contributed by atoms with Gasteiger partial charge in [-0.1, -0.05) is 40.9 Å². The Morgan fingerprint density at radius 2 is 1.38 bits per heavy atom. The molecular formula is C29H23Cl2NO9S. The Hall–Kier alpha value is -4.06. The van der Waals surface area contributed by atoms with Crippen molar-refractivity contribution in [3.05, 3.63) is 98.5 Å². The third kappa shape index (κ3) is 7.04. The number of hydrogen-bond acceptors (Lipinski definition) is 9. The van der Waals surface area contributed by atoms with E-state index in [0.717, 1.165) is 11.8 Å². The molecule has 4 rings (SSSR count). The van der Waals surface area contributed by atoms with Gasteiger partial charge in [0.15, 0.2) is 12.4 Å². The number of esters is 2. The fourth-order valence-electron chi connectivity index (χ4n) is 4.09. The maximum Gasteiger partial charge on any atom is 0.343 e. The predicted octanol–water partition coefficient (Wildman–Crippen LogP) is 4.35. The van der Waals surface area contributed by atoms with Gasteiger partial charge in [0.1, 0.15) is 21.6 Å². The summed E-state index contributed by atoms with van der Waals surface area (Å²) >= 11 is 12.0. The first-order valence-corrected chi connectivity index (χ1v) is 15.2. The molecule has 3 aromatic rings. The summed E-state index contributed by atoms with van der Waals surface area (Å²) < 4.78 is 34.1. The van der Waals surface area contributed by atoms with Gasteiger partial charge < -0.3 is 9.47 Å². The molecule has 3 aromatic carbocycles. The van der Waals surface area contributed by atoms with Gasteiger partial charge >= 0.3 is 11.9 Å². The van der Waals surface area contributed by atoms with Crippen LogP contribution in [0.4, 0.5) is 0 Å². The molecule has 0 bridgehead atoms. The average Bonchev–Trinajstić information content (AvgIpc) is 3.16.